The molecule has 4 rings (SSSR count). The molecule has 0 saturated heterocycles. The van der Waals surface area contributed by atoms with Gasteiger partial charge in [-0.05, 0) is 95.4 Å². The van der Waals surface area contributed by atoms with Crippen LogP contribution in [0.1, 0.15) is 27.8 Å². The molecule has 0 unspecified atom stereocenters. The van der Waals surface area contributed by atoms with E-state index in [1.165, 1.54) is 25.5 Å². The lowest BCUT2D eigenvalue weighted by Gasteiger charge is -2.24. The van der Waals surface area contributed by atoms with Gasteiger partial charge in [0.25, 0.3) is 15.9 Å². The number of nitrogens with one attached hydrogen (secondary N) is 1. The number of benzene rings is 4. The summed E-state index contributed by atoms with van der Waals surface area (Å²) in [5.41, 5.74) is 7.17. The van der Waals surface area contributed by atoms with E-state index in [0.717, 1.165) is 26.6 Å². The van der Waals surface area contributed by atoms with Crippen molar-refractivity contribution >= 4 is 43.8 Å². The molecule has 0 heterocycles. The van der Waals surface area contributed by atoms with E-state index < -0.39 is 22.5 Å². The standard InChI is InChI=1S/C32H32BrN3O5S/c1-22-10-12-28(13-11-22)42(38,39)36(27-15-23(2)14-24(3)16-27)20-31(37)35-34-19-26-17-29(33)32(30(18-26)40-4)41-21-25-8-6-5-7-9-25/h5-19H,20-21H2,1-4H3,(H,35,37)/b34-19-. The van der Waals surface area contributed by atoms with Gasteiger partial charge in [0.2, 0.25) is 0 Å². The molecule has 1 N–H and O–H groups in total. The van der Waals surface area contributed by atoms with E-state index in [1.54, 1.807) is 36.4 Å². The van der Waals surface area contributed by atoms with Crippen molar-refractivity contribution in [3.8, 4) is 11.5 Å². The molecule has 218 valence electrons. The highest BCUT2D eigenvalue weighted by Crippen LogP contribution is 2.37. The van der Waals surface area contributed by atoms with Crippen LogP contribution in [-0.2, 0) is 21.4 Å². The van der Waals surface area contributed by atoms with Gasteiger partial charge in [-0.25, -0.2) is 13.8 Å². The molecule has 0 saturated carbocycles. The first-order valence-corrected chi connectivity index (χ1v) is 15.3. The summed E-state index contributed by atoms with van der Waals surface area (Å²) in [5, 5.41) is 4.07. The third-order valence-electron chi connectivity index (χ3n) is 6.27. The SMILES string of the molecule is COc1cc(/C=N\NC(=O)CN(c2cc(C)cc(C)c2)S(=O)(=O)c2ccc(C)cc2)cc(Br)c1OCc1ccccc1. The maximum absolute atomic E-state index is 13.7. The van der Waals surface area contributed by atoms with Crippen molar-refractivity contribution in [3.05, 3.63) is 117 Å². The van der Waals surface area contributed by atoms with Crippen LogP contribution < -0.4 is 19.2 Å². The predicted molar refractivity (Wildman–Crippen MR) is 169 cm³/mol. The lowest BCUT2D eigenvalue weighted by atomic mass is 10.1. The number of nitrogens with zero attached hydrogens (tertiary/aromatic N) is 2. The van der Waals surface area contributed by atoms with E-state index in [2.05, 4.69) is 26.5 Å². The van der Waals surface area contributed by atoms with Crippen molar-refractivity contribution in [2.24, 2.45) is 5.10 Å². The lowest BCUT2D eigenvalue weighted by Crippen LogP contribution is -2.39. The minimum atomic E-state index is -4.04. The molecular formula is C32H32BrN3O5S. The van der Waals surface area contributed by atoms with Crippen molar-refractivity contribution in [2.45, 2.75) is 32.3 Å². The molecule has 42 heavy (non-hydrogen) atoms. The zero-order valence-corrected chi connectivity index (χ0v) is 26.2. The summed E-state index contributed by atoms with van der Waals surface area (Å²) >= 11 is 3.52. The van der Waals surface area contributed by atoms with Crippen LogP contribution >= 0.6 is 15.9 Å². The fourth-order valence-corrected chi connectivity index (χ4v) is 6.25. The summed E-state index contributed by atoms with van der Waals surface area (Å²) in [4.78, 5) is 13.1. The number of carbonyl (C=O) groups is 1. The third-order valence-corrected chi connectivity index (χ3v) is 8.65. The predicted octanol–water partition coefficient (Wildman–Crippen LogP) is 6.31. The number of amides is 1. The normalized spacial score (nSPS) is 11.4. The highest BCUT2D eigenvalue weighted by Gasteiger charge is 2.27. The van der Waals surface area contributed by atoms with Gasteiger partial charge in [-0.2, -0.15) is 5.10 Å². The molecule has 4 aromatic rings. The average molecular weight is 651 g/mol. The molecule has 1 amide bonds. The average Bonchev–Trinajstić information content (AvgIpc) is 2.95. The van der Waals surface area contributed by atoms with Gasteiger partial charge in [0.15, 0.2) is 11.5 Å². The van der Waals surface area contributed by atoms with Crippen molar-refractivity contribution in [2.75, 3.05) is 18.0 Å². The van der Waals surface area contributed by atoms with Gasteiger partial charge in [0, 0.05) is 0 Å². The minimum absolute atomic E-state index is 0.0927. The van der Waals surface area contributed by atoms with E-state index in [-0.39, 0.29) is 4.90 Å². The highest BCUT2D eigenvalue weighted by atomic mass is 79.9. The van der Waals surface area contributed by atoms with Crippen LogP contribution in [0.5, 0.6) is 11.5 Å². The van der Waals surface area contributed by atoms with Gasteiger partial charge in [-0.1, -0.05) is 54.1 Å². The Morgan fingerprint density at radius 3 is 2.24 bits per heavy atom. The van der Waals surface area contributed by atoms with Gasteiger partial charge in [-0.3, -0.25) is 9.10 Å². The molecule has 0 bridgehead atoms. The number of anilines is 1. The third kappa shape index (κ3) is 7.77. The topological polar surface area (TPSA) is 97.3 Å². The van der Waals surface area contributed by atoms with Crippen LogP contribution in [0.25, 0.3) is 0 Å². The zero-order chi connectivity index (χ0) is 30.3. The zero-order valence-electron chi connectivity index (χ0n) is 23.8. The van der Waals surface area contributed by atoms with Crippen molar-refractivity contribution in [1.82, 2.24) is 5.43 Å². The van der Waals surface area contributed by atoms with E-state index in [9.17, 15) is 13.2 Å². The molecular weight excluding hydrogens is 618 g/mol. The monoisotopic (exact) mass is 649 g/mol. The summed E-state index contributed by atoms with van der Waals surface area (Å²) in [6.07, 6.45) is 1.45. The van der Waals surface area contributed by atoms with Crippen LogP contribution in [-0.4, -0.2) is 34.2 Å². The molecule has 0 aromatic heterocycles. The minimum Gasteiger partial charge on any atom is -0.493 e. The number of methoxy groups -OCH3 is 1. The van der Waals surface area contributed by atoms with Crippen LogP contribution in [0, 0.1) is 20.8 Å². The fraction of sp³-hybridized carbons (Fsp3) is 0.188. The van der Waals surface area contributed by atoms with E-state index >= 15 is 0 Å². The number of hydrogen-bond donors (Lipinski definition) is 1. The van der Waals surface area contributed by atoms with Crippen LogP contribution in [0.15, 0.2) is 99.4 Å². The number of sulfonamides is 1. The molecule has 0 aliphatic carbocycles. The van der Waals surface area contributed by atoms with E-state index in [0.29, 0.717) is 33.8 Å². The number of ether oxygens (including phenoxy) is 2. The Morgan fingerprint density at radius 1 is 0.929 bits per heavy atom. The number of halogens is 1. The maximum atomic E-state index is 13.7. The van der Waals surface area contributed by atoms with Crippen LogP contribution in [0.3, 0.4) is 0 Å². The lowest BCUT2D eigenvalue weighted by molar-refractivity contribution is -0.119. The molecule has 0 aliphatic rings. The summed E-state index contributed by atoms with van der Waals surface area (Å²) in [6.45, 7) is 5.53. The van der Waals surface area contributed by atoms with Gasteiger partial charge in [-0.15, -0.1) is 0 Å². The summed E-state index contributed by atoms with van der Waals surface area (Å²) in [7, 11) is -2.50. The molecule has 0 aliphatic heterocycles. The van der Waals surface area contributed by atoms with E-state index in [1.807, 2.05) is 57.2 Å². The molecule has 8 nitrogen and oxygen atoms in total. The molecule has 0 atom stereocenters. The quantitative estimate of drug-likeness (QED) is 0.152. The first kappa shape index (κ1) is 30.8. The summed E-state index contributed by atoms with van der Waals surface area (Å²) in [6, 6.07) is 25.2. The molecule has 0 spiro atoms. The Labute approximate surface area is 255 Å². The molecule has 0 radical (unpaired) electrons. The van der Waals surface area contributed by atoms with Crippen molar-refractivity contribution in [1.29, 1.82) is 0 Å². The second-order valence-corrected chi connectivity index (χ2v) is 12.5. The Balaban J connectivity index is 1.51. The fourth-order valence-electron chi connectivity index (χ4n) is 4.28. The van der Waals surface area contributed by atoms with Crippen LogP contribution in [0.2, 0.25) is 0 Å². The number of carbonyl (C=O) groups excluding carboxylic acids is 1. The second kappa shape index (κ2) is 13.7. The first-order valence-electron chi connectivity index (χ1n) is 13.1. The number of hydrogen-bond acceptors (Lipinski definition) is 6. The summed E-state index contributed by atoms with van der Waals surface area (Å²) in [5.74, 6) is 0.418. The number of aryl methyl sites for hydroxylation is 3. The number of hydrazone groups is 1. The second-order valence-electron chi connectivity index (χ2n) is 9.77. The summed E-state index contributed by atoms with van der Waals surface area (Å²) < 4.78 is 40.5. The Bertz CT molecular complexity index is 1670. The van der Waals surface area contributed by atoms with Gasteiger partial charge in [0.05, 0.1) is 28.4 Å². The Morgan fingerprint density at radius 2 is 1.60 bits per heavy atom. The molecule has 4 aromatic carbocycles. The highest BCUT2D eigenvalue weighted by molar-refractivity contribution is 9.10. The van der Waals surface area contributed by atoms with Gasteiger partial charge >= 0.3 is 0 Å². The Hall–Kier alpha value is -4.15. The molecule has 10 heteroatoms. The first-order chi connectivity index (χ1) is 20.1. The van der Waals surface area contributed by atoms with E-state index in [4.69, 9.17) is 9.47 Å². The Kier molecular flexibility index (Phi) is 10.0. The van der Waals surface area contributed by atoms with Gasteiger partial charge in [0.1, 0.15) is 13.2 Å². The van der Waals surface area contributed by atoms with Crippen molar-refractivity contribution in [3.63, 3.8) is 0 Å². The van der Waals surface area contributed by atoms with Crippen LogP contribution in [0.4, 0.5) is 5.69 Å². The molecule has 0 fully saturated rings. The van der Waals surface area contributed by atoms with Crippen molar-refractivity contribution < 1.29 is 22.7 Å². The van der Waals surface area contributed by atoms with Gasteiger partial charge < -0.3 is 9.47 Å². The number of rotatable bonds is 11. The smallest absolute Gasteiger partial charge is 0.264 e. The largest absolute Gasteiger partial charge is 0.493 e. The maximum Gasteiger partial charge on any atom is 0.264 e.